The van der Waals surface area contributed by atoms with E-state index in [0.717, 1.165) is 25.7 Å². The highest BCUT2D eigenvalue weighted by Gasteiger charge is 2.45. The molecule has 0 unspecified atom stereocenters. The van der Waals surface area contributed by atoms with Gasteiger partial charge in [-0.25, -0.2) is 4.79 Å². The summed E-state index contributed by atoms with van der Waals surface area (Å²) < 4.78 is 0. The highest BCUT2D eigenvalue weighted by Crippen LogP contribution is 2.34. The van der Waals surface area contributed by atoms with Crippen molar-refractivity contribution in [1.82, 2.24) is 4.90 Å². The van der Waals surface area contributed by atoms with E-state index in [9.17, 15) is 19.5 Å². The van der Waals surface area contributed by atoms with E-state index in [1.54, 1.807) is 30.1 Å². The molecule has 134 valence electrons. The fraction of sp³-hybridized carbons (Fsp3) is 0.526. The van der Waals surface area contributed by atoms with Gasteiger partial charge in [0.05, 0.1) is 0 Å². The molecule has 0 spiro atoms. The van der Waals surface area contributed by atoms with Gasteiger partial charge in [-0.3, -0.25) is 9.59 Å². The highest BCUT2D eigenvalue weighted by atomic mass is 16.4. The van der Waals surface area contributed by atoms with Crippen LogP contribution in [-0.4, -0.2) is 46.9 Å². The smallest absolute Gasteiger partial charge is 0.329 e. The number of nitrogens with zero attached hydrogens (tertiary/aromatic N) is 2. The summed E-state index contributed by atoms with van der Waals surface area (Å²) in [5.74, 6) is -1.18. The molecular weight excluding hydrogens is 320 g/mol. The molecule has 1 saturated heterocycles. The molecule has 0 atom stereocenters. The molecular formula is C19H24N2O4. The Hall–Kier alpha value is -2.37. The Balaban J connectivity index is 1.87. The van der Waals surface area contributed by atoms with Crippen molar-refractivity contribution < 1.29 is 19.5 Å². The van der Waals surface area contributed by atoms with Gasteiger partial charge in [0.1, 0.15) is 5.54 Å². The average molecular weight is 344 g/mol. The molecule has 6 heteroatoms. The second kappa shape index (κ2) is 6.86. The van der Waals surface area contributed by atoms with Gasteiger partial charge < -0.3 is 14.9 Å². The zero-order valence-electron chi connectivity index (χ0n) is 14.5. The minimum atomic E-state index is -1.13. The van der Waals surface area contributed by atoms with Crippen molar-refractivity contribution in [3.8, 4) is 0 Å². The van der Waals surface area contributed by atoms with E-state index in [4.69, 9.17) is 0 Å². The molecule has 1 aliphatic carbocycles. The molecule has 1 heterocycles. The molecule has 0 radical (unpaired) electrons. The number of benzene rings is 1. The number of likely N-dealkylation sites (N-methyl/N-ethyl adjacent to an activating group) is 1. The summed E-state index contributed by atoms with van der Waals surface area (Å²) in [4.78, 5) is 39.9. The number of carboxylic acids is 1. The summed E-state index contributed by atoms with van der Waals surface area (Å²) in [7, 11) is 1.58. The maximum Gasteiger partial charge on any atom is 0.329 e. The Labute approximate surface area is 147 Å². The van der Waals surface area contributed by atoms with Crippen molar-refractivity contribution in [3.05, 3.63) is 29.8 Å². The van der Waals surface area contributed by atoms with Gasteiger partial charge in [-0.15, -0.1) is 0 Å². The van der Waals surface area contributed by atoms with E-state index in [-0.39, 0.29) is 11.8 Å². The number of hydrogen-bond donors (Lipinski definition) is 1. The van der Waals surface area contributed by atoms with Crippen LogP contribution in [-0.2, 0) is 9.59 Å². The van der Waals surface area contributed by atoms with Crippen molar-refractivity contribution >= 4 is 23.5 Å². The first kappa shape index (κ1) is 17.5. The third-order valence-electron chi connectivity index (χ3n) is 5.50. The average Bonchev–Trinajstić information content (AvgIpc) is 3.07. The molecule has 2 fully saturated rings. The van der Waals surface area contributed by atoms with E-state index in [1.807, 2.05) is 6.07 Å². The first-order chi connectivity index (χ1) is 12.0. The predicted octanol–water partition coefficient (Wildman–Crippen LogP) is 2.67. The van der Waals surface area contributed by atoms with Gasteiger partial charge in [0.25, 0.3) is 5.91 Å². The number of aliphatic carboxylic acids is 1. The largest absolute Gasteiger partial charge is 0.479 e. The summed E-state index contributed by atoms with van der Waals surface area (Å²) in [6.07, 6.45) is 4.94. The number of amides is 2. The fourth-order valence-electron chi connectivity index (χ4n) is 3.95. The molecule has 1 N–H and O–H groups in total. The standard InChI is InChI=1S/C19H24N2O4/c1-20(19(18(24)25)10-3-2-4-11-19)17(23)14-7-5-8-15(13-14)21-12-6-9-16(21)22/h5,7-8,13H,2-4,6,9-12H2,1H3,(H,24,25). The lowest BCUT2D eigenvalue weighted by molar-refractivity contribution is -0.151. The van der Waals surface area contributed by atoms with Crippen LogP contribution in [0.25, 0.3) is 0 Å². The van der Waals surface area contributed by atoms with Gasteiger partial charge in [0.2, 0.25) is 5.91 Å². The first-order valence-electron chi connectivity index (χ1n) is 8.88. The maximum atomic E-state index is 13.0. The molecule has 0 bridgehead atoms. The lowest BCUT2D eigenvalue weighted by Crippen LogP contribution is -2.56. The maximum absolute atomic E-state index is 13.0. The van der Waals surface area contributed by atoms with Gasteiger partial charge >= 0.3 is 5.97 Å². The van der Waals surface area contributed by atoms with Crippen LogP contribution in [0.3, 0.4) is 0 Å². The van der Waals surface area contributed by atoms with Crippen LogP contribution in [0.15, 0.2) is 24.3 Å². The molecule has 2 amide bonds. The van der Waals surface area contributed by atoms with Crippen LogP contribution in [0.1, 0.15) is 55.3 Å². The summed E-state index contributed by atoms with van der Waals surface area (Å²) in [5, 5.41) is 9.77. The van der Waals surface area contributed by atoms with Crippen molar-refractivity contribution in [3.63, 3.8) is 0 Å². The number of hydrogen-bond acceptors (Lipinski definition) is 3. The summed E-state index contributed by atoms with van der Waals surface area (Å²) >= 11 is 0. The van der Waals surface area contributed by atoms with Gasteiger partial charge in [-0.1, -0.05) is 25.3 Å². The third kappa shape index (κ3) is 3.13. The topological polar surface area (TPSA) is 77.9 Å². The number of rotatable bonds is 4. The SMILES string of the molecule is CN(C(=O)c1cccc(N2CCCC2=O)c1)C1(C(=O)O)CCCCC1. The Morgan fingerprint density at radius 2 is 1.88 bits per heavy atom. The van der Waals surface area contributed by atoms with E-state index >= 15 is 0 Å². The van der Waals surface area contributed by atoms with Crippen molar-refractivity contribution in [2.24, 2.45) is 0 Å². The van der Waals surface area contributed by atoms with E-state index < -0.39 is 11.5 Å². The minimum absolute atomic E-state index is 0.0623. The van der Waals surface area contributed by atoms with Crippen LogP contribution in [0.2, 0.25) is 0 Å². The van der Waals surface area contributed by atoms with Crippen molar-refractivity contribution in [1.29, 1.82) is 0 Å². The monoisotopic (exact) mass is 344 g/mol. The summed E-state index contributed by atoms with van der Waals surface area (Å²) in [6.45, 7) is 0.658. The number of carbonyl (C=O) groups is 3. The lowest BCUT2D eigenvalue weighted by Gasteiger charge is -2.41. The van der Waals surface area contributed by atoms with Crippen LogP contribution in [0.5, 0.6) is 0 Å². The fourth-order valence-corrected chi connectivity index (χ4v) is 3.95. The Kier molecular flexibility index (Phi) is 4.79. The zero-order valence-corrected chi connectivity index (χ0v) is 14.5. The van der Waals surface area contributed by atoms with E-state index in [0.29, 0.717) is 37.1 Å². The lowest BCUT2D eigenvalue weighted by atomic mass is 9.80. The second-order valence-corrected chi connectivity index (χ2v) is 6.96. The van der Waals surface area contributed by atoms with E-state index in [2.05, 4.69) is 0 Å². The number of carboxylic acid groups (broad SMARTS) is 1. The van der Waals surface area contributed by atoms with Crippen LogP contribution in [0, 0.1) is 0 Å². The molecule has 25 heavy (non-hydrogen) atoms. The Bertz CT molecular complexity index is 694. The first-order valence-corrected chi connectivity index (χ1v) is 8.88. The zero-order chi connectivity index (χ0) is 18.0. The quantitative estimate of drug-likeness (QED) is 0.911. The summed E-state index contributed by atoms with van der Waals surface area (Å²) in [6, 6.07) is 6.94. The number of carbonyl (C=O) groups excluding carboxylic acids is 2. The van der Waals surface area contributed by atoms with Gasteiger partial charge in [-0.05, 0) is 37.5 Å². The van der Waals surface area contributed by atoms with Gasteiger partial charge in [0.15, 0.2) is 0 Å². The van der Waals surface area contributed by atoms with Gasteiger partial charge in [0, 0.05) is 31.3 Å². The van der Waals surface area contributed by atoms with Crippen molar-refractivity contribution in [2.45, 2.75) is 50.5 Å². The Morgan fingerprint density at radius 1 is 1.16 bits per heavy atom. The molecule has 3 rings (SSSR count). The molecule has 0 aromatic heterocycles. The predicted molar refractivity (Wildman–Crippen MR) is 93.6 cm³/mol. The molecule has 1 aromatic carbocycles. The highest BCUT2D eigenvalue weighted by molar-refractivity contribution is 6.00. The van der Waals surface area contributed by atoms with Crippen LogP contribution >= 0.6 is 0 Å². The van der Waals surface area contributed by atoms with Crippen LogP contribution in [0.4, 0.5) is 5.69 Å². The summed E-state index contributed by atoms with van der Waals surface area (Å²) in [5.41, 5.74) is -0.00454. The second-order valence-electron chi connectivity index (χ2n) is 6.96. The molecule has 1 aromatic rings. The van der Waals surface area contributed by atoms with Crippen LogP contribution < -0.4 is 4.90 Å². The van der Waals surface area contributed by atoms with E-state index in [1.165, 1.54) is 4.90 Å². The van der Waals surface area contributed by atoms with Crippen molar-refractivity contribution in [2.75, 3.05) is 18.5 Å². The molecule has 1 saturated carbocycles. The number of anilines is 1. The third-order valence-corrected chi connectivity index (χ3v) is 5.50. The molecule has 1 aliphatic heterocycles. The molecule has 6 nitrogen and oxygen atoms in total. The van der Waals surface area contributed by atoms with Gasteiger partial charge in [-0.2, -0.15) is 0 Å². The molecule has 2 aliphatic rings. The Morgan fingerprint density at radius 3 is 2.48 bits per heavy atom. The minimum Gasteiger partial charge on any atom is -0.479 e. The normalized spacial score (nSPS) is 19.7.